The second kappa shape index (κ2) is 9.91. The number of hydrogen-bond donors (Lipinski definition) is 0. The Morgan fingerprint density at radius 2 is 1.77 bits per heavy atom. The molecule has 0 saturated heterocycles. The molecule has 0 aliphatic carbocycles. The van der Waals surface area contributed by atoms with Gasteiger partial charge in [0.1, 0.15) is 11.5 Å². The minimum absolute atomic E-state index is 0.0722. The average Bonchev–Trinajstić information content (AvgIpc) is 3.11. The van der Waals surface area contributed by atoms with Crippen molar-refractivity contribution in [1.82, 2.24) is 9.88 Å². The summed E-state index contributed by atoms with van der Waals surface area (Å²) in [6.07, 6.45) is 0.0902. The van der Waals surface area contributed by atoms with Gasteiger partial charge in [-0.3, -0.25) is 9.69 Å². The lowest BCUT2D eigenvalue weighted by atomic mass is 10.2. The molecule has 1 amide bonds. The third kappa shape index (κ3) is 5.49. The molecule has 0 atom stereocenters. The number of carbonyl (C=O) groups is 1. The number of carbonyl (C=O) groups excluding carboxylic acids is 1. The molecule has 0 N–H and O–H groups in total. The fourth-order valence-electron chi connectivity index (χ4n) is 2.95. The van der Waals surface area contributed by atoms with Crippen molar-refractivity contribution in [3.63, 3.8) is 0 Å². The highest BCUT2D eigenvalue weighted by Gasteiger charge is 2.22. The van der Waals surface area contributed by atoms with E-state index in [9.17, 15) is 4.79 Å². The summed E-state index contributed by atoms with van der Waals surface area (Å²) in [6, 6.07) is 13.1. The van der Waals surface area contributed by atoms with E-state index in [0.29, 0.717) is 23.8 Å². The first kappa shape index (κ1) is 22.1. The number of thiazole rings is 1. The monoisotopic (exact) mass is 427 g/mol. The number of nitrogens with zero attached hydrogens (tertiary/aromatic N) is 3. The molecule has 3 aromatic rings. The molecule has 6 nitrogen and oxygen atoms in total. The van der Waals surface area contributed by atoms with Crippen molar-refractivity contribution >= 4 is 32.6 Å². The van der Waals surface area contributed by atoms with Crippen LogP contribution in [0.4, 0.5) is 5.13 Å². The number of anilines is 1. The molecule has 0 radical (unpaired) electrons. The molecule has 0 saturated carbocycles. The summed E-state index contributed by atoms with van der Waals surface area (Å²) in [7, 11) is 3.99. The van der Waals surface area contributed by atoms with Crippen LogP contribution in [0.15, 0.2) is 42.5 Å². The highest BCUT2D eigenvalue weighted by molar-refractivity contribution is 7.22. The molecule has 160 valence electrons. The molecule has 0 bridgehead atoms. The summed E-state index contributed by atoms with van der Waals surface area (Å²) in [6.45, 7) is 7.81. The standard InChI is InChI=1S/C23H29N3O3S/c1-6-28-19-11-12-20-21(15-19)30-23(24-20)26(14-13-25(4)5)22(27)17-7-9-18(10-8-17)29-16(2)3/h7-12,15-16H,6,13-14H2,1-5H3. The van der Waals surface area contributed by atoms with Crippen molar-refractivity contribution in [3.05, 3.63) is 48.0 Å². The van der Waals surface area contributed by atoms with E-state index in [1.807, 2.05) is 77.3 Å². The van der Waals surface area contributed by atoms with Crippen molar-refractivity contribution in [2.75, 3.05) is 38.7 Å². The number of likely N-dealkylation sites (N-methyl/N-ethyl adjacent to an activating group) is 1. The Hall–Kier alpha value is -2.64. The molecule has 2 aromatic carbocycles. The lowest BCUT2D eigenvalue weighted by Gasteiger charge is -2.22. The quantitative estimate of drug-likeness (QED) is 0.496. The Morgan fingerprint density at radius 3 is 2.40 bits per heavy atom. The van der Waals surface area contributed by atoms with Gasteiger partial charge in [-0.05, 0) is 77.3 Å². The van der Waals surface area contributed by atoms with Crippen molar-refractivity contribution in [1.29, 1.82) is 0 Å². The van der Waals surface area contributed by atoms with Gasteiger partial charge in [-0.15, -0.1) is 0 Å². The van der Waals surface area contributed by atoms with Crippen LogP contribution in [0.2, 0.25) is 0 Å². The number of aromatic nitrogens is 1. The van der Waals surface area contributed by atoms with Crippen LogP contribution in [0.1, 0.15) is 31.1 Å². The summed E-state index contributed by atoms with van der Waals surface area (Å²) in [5.74, 6) is 1.49. The van der Waals surface area contributed by atoms with E-state index in [1.54, 1.807) is 4.90 Å². The Balaban J connectivity index is 1.90. The van der Waals surface area contributed by atoms with Crippen LogP contribution in [0.3, 0.4) is 0 Å². The summed E-state index contributed by atoms with van der Waals surface area (Å²) < 4.78 is 12.3. The number of fused-ring (bicyclic) bond motifs is 1. The van der Waals surface area contributed by atoms with Crippen molar-refractivity contribution in [2.24, 2.45) is 0 Å². The molecule has 7 heteroatoms. The first-order valence-corrected chi connectivity index (χ1v) is 11.0. The minimum Gasteiger partial charge on any atom is -0.494 e. The Labute approximate surface area is 182 Å². The third-order valence-corrected chi connectivity index (χ3v) is 5.42. The van der Waals surface area contributed by atoms with E-state index in [2.05, 4.69) is 4.90 Å². The lowest BCUT2D eigenvalue weighted by Crippen LogP contribution is -2.36. The van der Waals surface area contributed by atoms with Gasteiger partial charge < -0.3 is 14.4 Å². The first-order chi connectivity index (χ1) is 14.4. The van der Waals surface area contributed by atoms with Crippen molar-refractivity contribution in [2.45, 2.75) is 26.9 Å². The van der Waals surface area contributed by atoms with E-state index < -0.39 is 0 Å². The SMILES string of the molecule is CCOc1ccc2nc(N(CCN(C)C)C(=O)c3ccc(OC(C)C)cc3)sc2c1. The predicted molar refractivity (Wildman–Crippen MR) is 123 cm³/mol. The van der Waals surface area contributed by atoms with Gasteiger partial charge >= 0.3 is 0 Å². The molecule has 0 fully saturated rings. The van der Waals surface area contributed by atoms with E-state index in [4.69, 9.17) is 14.5 Å². The molecular formula is C23H29N3O3S. The maximum absolute atomic E-state index is 13.3. The van der Waals surface area contributed by atoms with Crippen molar-refractivity contribution in [3.8, 4) is 11.5 Å². The fraction of sp³-hybridized carbons (Fsp3) is 0.391. The van der Waals surface area contributed by atoms with Gasteiger partial charge in [0.2, 0.25) is 0 Å². The van der Waals surface area contributed by atoms with Crippen LogP contribution in [-0.4, -0.2) is 55.7 Å². The van der Waals surface area contributed by atoms with Crippen LogP contribution < -0.4 is 14.4 Å². The number of ether oxygens (including phenoxy) is 2. The number of amides is 1. The van der Waals surface area contributed by atoms with E-state index in [1.165, 1.54) is 11.3 Å². The van der Waals surface area contributed by atoms with Crippen molar-refractivity contribution < 1.29 is 14.3 Å². The van der Waals surface area contributed by atoms with Gasteiger partial charge in [-0.1, -0.05) is 11.3 Å². The minimum atomic E-state index is -0.0722. The maximum Gasteiger partial charge on any atom is 0.260 e. The molecular weight excluding hydrogens is 398 g/mol. The average molecular weight is 428 g/mol. The summed E-state index contributed by atoms with van der Waals surface area (Å²) in [5, 5.41) is 0.688. The topological polar surface area (TPSA) is 54.9 Å². The van der Waals surface area contributed by atoms with E-state index >= 15 is 0 Å². The molecule has 1 aromatic heterocycles. The van der Waals surface area contributed by atoms with Crippen LogP contribution in [0.25, 0.3) is 10.2 Å². The summed E-state index contributed by atoms with van der Waals surface area (Å²) in [5.41, 5.74) is 1.47. The number of rotatable bonds is 9. The highest BCUT2D eigenvalue weighted by Crippen LogP contribution is 2.32. The predicted octanol–water partition coefficient (Wildman–Crippen LogP) is 4.69. The van der Waals surface area contributed by atoms with Crippen LogP contribution in [-0.2, 0) is 0 Å². The van der Waals surface area contributed by atoms with Gasteiger partial charge in [0.25, 0.3) is 5.91 Å². The summed E-state index contributed by atoms with van der Waals surface area (Å²) >= 11 is 1.50. The van der Waals surface area contributed by atoms with Gasteiger partial charge in [0, 0.05) is 18.7 Å². The molecule has 30 heavy (non-hydrogen) atoms. The van der Waals surface area contributed by atoms with Crippen LogP contribution in [0.5, 0.6) is 11.5 Å². The second-order valence-corrected chi connectivity index (χ2v) is 8.52. The Morgan fingerprint density at radius 1 is 1.07 bits per heavy atom. The zero-order chi connectivity index (χ0) is 21.7. The molecule has 0 aliphatic rings. The van der Waals surface area contributed by atoms with Crippen LogP contribution in [0, 0.1) is 0 Å². The van der Waals surface area contributed by atoms with Crippen LogP contribution >= 0.6 is 11.3 Å². The zero-order valence-electron chi connectivity index (χ0n) is 18.2. The number of hydrogen-bond acceptors (Lipinski definition) is 6. The Kier molecular flexibility index (Phi) is 7.29. The third-order valence-electron chi connectivity index (χ3n) is 4.38. The second-order valence-electron chi connectivity index (χ2n) is 7.51. The molecule has 1 heterocycles. The first-order valence-electron chi connectivity index (χ1n) is 10.1. The number of benzene rings is 2. The normalized spacial score (nSPS) is 11.3. The molecule has 0 unspecified atom stereocenters. The molecule has 0 spiro atoms. The maximum atomic E-state index is 13.3. The van der Waals surface area contributed by atoms with Gasteiger partial charge in [-0.25, -0.2) is 4.98 Å². The van der Waals surface area contributed by atoms with Gasteiger partial charge in [0.15, 0.2) is 5.13 Å². The Bertz CT molecular complexity index is 983. The van der Waals surface area contributed by atoms with Gasteiger partial charge in [0.05, 0.1) is 22.9 Å². The fourth-order valence-corrected chi connectivity index (χ4v) is 3.97. The molecule has 0 aliphatic heterocycles. The smallest absolute Gasteiger partial charge is 0.260 e. The zero-order valence-corrected chi connectivity index (χ0v) is 19.0. The highest BCUT2D eigenvalue weighted by atomic mass is 32.1. The lowest BCUT2D eigenvalue weighted by molar-refractivity contribution is 0.0985. The summed E-state index contributed by atoms with van der Waals surface area (Å²) in [4.78, 5) is 21.9. The largest absolute Gasteiger partial charge is 0.494 e. The van der Waals surface area contributed by atoms with E-state index in [-0.39, 0.29) is 12.0 Å². The van der Waals surface area contributed by atoms with E-state index in [0.717, 1.165) is 28.3 Å². The van der Waals surface area contributed by atoms with Gasteiger partial charge in [-0.2, -0.15) is 0 Å². The molecule has 3 rings (SSSR count).